The molecule has 6 atom stereocenters. The average molecular weight is 441 g/mol. The van der Waals surface area contributed by atoms with Crippen molar-refractivity contribution in [1.82, 2.24) is 30.9 Å². The summed E-state index contributed by atoms with van der Waals surface area (Å²) in [4.78, 5) is 16.8. The number of hydrazine groups is 2. The van der Waals surface area contributed by atoms with E-state index >= 15 is 0 Å². The lowest BCUT2D eigenvalue weighted by molar-refractivity contribution is -0.129. The molecule has 1 aliphatic carbocycles. The van der Waals surface area contributed by atoms with Crippen LogP contribution in [0.25, 0.3) is 0 Å². The van der Waals surface area contributed by atoms with Gasteiger partial charge in [-0.25, -0.2) is 17.8 Å². The predicted octanol–water partition coefficient (Wildman–Crippen LogP) is -1.02. The van der Waals surface area contributed by atoms with Gasteiger partial charge in [-0.15, -0.1) is 16.4 Å². The summed E-state index contributed by atoms with van der Waals surface area (Å²) in [6.07, 6.45) is -0.687. The van der Waals surface area contributed by atoms with Gasteiger partial charge in [0.05, 0.1) is 11.3 Å². The molecule has 3 rings (SSSR count). The van der Waals surface area contributed by atoms with E-state index in [-0.39, 0.29) is 18.5 Å². The number of carbonyl (C=O) groups is 1. The highest BCUT2D eigenvalue weighted by atomic mass is 35.5. The van der Waals surface area contributed by atoms with Gasteiger partial charge in [-0.05, 0) is 25.8 Å². The number of hydrogen-bond donors (Lipinski definition) is 4. The topological polar surface area (TPSA) is 106 Å². The molecule has 3 aliphatic rings. The zero-order valence-electron chi connectivity index (χ0n) is 16.2. The second-order valence-corrected chi connectivity index (χ2v) is 10.5. The average Bonchev–Trinajstić information content (AvgIpc) is 3.31. The third-order valence-electron chi connectivity index (χ3n) is 5.96. The van der Waals surface area contributed by atoms with Crippen molar-refractivity contribution in [2.75, 3.05) is 39.9 Å². The fraction of sp³-hybridized carbons (Fsp3) is 0.938. The van der Waals surface area contributed by atoms with Gasteiger partial charge < -0.3 is 0 Å². The minimum Gasteiger partial charge on any atom is -0.300 e. The van der Waals surface area contributed by atoms with Crippen LogP contribution in [-0.4, -0.2) is 87.0 Å². The third kappa shape index (κ3) is 4.94. The quantitative estimate of drug-likeness (QED) is 0.309. The van der Waals surface area contributed by atoms with Crippen molar-refractivity contribution in [3.8, 4) is 0 Å². The Morgan fingerprint density at radius 1 is 1.32 bits per heavy atom. The molecule has 2 aliphatic heterocycles. The van der Waals surface area contributed by atoms with Crippen LogP contribution in [0.1, 0.15) is 19.8 Å². The van der Waals surface area contributed by atoms with E-state index in [1.807, 2.05) is 14.0 Å². The van der Waals surface area contributed by atoms with Crippen molar-refractivity contribution in [3.05, 3.63) is 0 Å². The summed E-state index contributed by atoms with van der Waals surface area (Å²) in [5.74, 6) is -1.59. The van der Waals surface area contributed by atoms with Crippen molar-refractivity contribution in [3.63, 3.8) is 0 Å². The van der Waals surface area contributed by atoms with E-state index in [2.05, 4.69) is 25.9 Å². The molecule has 28 heavy (non-hydrogen) atoms. The summed E-state index contributed by atoms with van der Waals surface area (Å²) >= 11 is 6.19. The van der Waals surface area contributed by atoms with Gasteiger partial charge >= 0.3 is 0 Å². The Balaban J connectivity index is 1.57. The summed E-state index contributed by atoms with van der Waals surface area (Å²) in [5, 5.41) is 3.70. The molecule has 6 unspecified atom stereocenters. The number of halogens is 2. The van der Waals surface area contributed by atoms with E-state index in [4.69, 9.17) is 11.6 Å². The molecule has 0 spiro atoms. The lowest BCUT2D eigenvalue weighted by atomic mass is 9.76. The highest BCUT2D eigenvalue weighted by Crippen LogP contribution is 2.37. The number of amides is 1. The fourth-order valence-corrected chi connectivity index (χ4v) is 5.69. The van der Waals surface area contributed by atoms with Gasteiger partial charge in [0, 0.05) is 38.9 Å². The minimum atomic E-state index is -3.76. The first-order valence-electron chi connectivity index (χ1n) is 9.70. The molecule has 1 saturated carbocycles. The molecule has 3 fully saturated rings. The Morgan fingerprint density at radius 3 is 2.68 bits per heavy atom. The molecule has 1 amide bonds. The summed E-state index contributed by atoms with van der Waals surface area (Å²) in [7, 11) is -1.78. The molecule has 9 nitrogen and oxygen atoms in total. The number of carbonyl (C=O) groups excluding carboxylic acids is 1. The Labute approximate surface area is 170 Å². The van der Waals surface area contributed by atoms with Gasteiger partial charge in [-0.2, -0.15) is 0 Å². The maximum Gasteiger partial charge on any atom is 0.241 e. The number of nitrogens with one attached hydrogen (secondary N) is 4. The summed E-state index contributed by atoms with van der Waals surface area (Å²) in [5.41, 5.74) is 5.20. The lowest BCUT2D eigenvalue weighted by Gasteiger charge is -2.37. The maximum absolute atomic E-state index is 14.6. The van der Waals surface area contributed by atoms with E-state index < -0.39 is 38.6 Å². The smallest absolute Gasteiger partial charge is 0.241 e. The van der Waals surface area contributed by atoms with Crippen LogP contribution < -0.4 is 21.0 Å². The van der Waals surface area contributed by atoms with E-state index in [0.717, 1.165) is 13.2 Å². The van der Waals surface area contributed by atoms with Crippen LogP contribution in [0.5, 0.6) is 0 Å². The number of rotatable bonds is 6. The standard InChI is InChI=1S/C16H30ClFN6O3S/c1-3-24-7-11(6-20-24)28(26,27)22-21-16(25)12-4-10(5-13(17)15(12)18)14-8-23(2)9-19-14/h10-15,19-20,22H,3-9H2,1-2H3,(H,21,25). The largest absolute Gasteiger partial charge is 0.300 e. The summed E-state index contributed by atoms with van der Waals surface area (Å²) in [6.45, 7) is 4.73. The van der Waals surface area contributed by atoms with Crippen molar-refractivity contribution in [1.29, 1.82) is 0 Å². The monoisotopic (exact) mass is 440 g/mol. The van der Waals surface area contributed by atoms with E-state index in [1.165, 1.54) is 0 Å². The van der Waals surface area contributed by atoms with Gasteiger partial charge in [0.25, 0.3) is 0 Å². The first-order valence-corrected chi connectivity index (χ1v) is 11.7. The Kier molecular flexibility index (Phi) is 7.17. The Bertz CT molecular complexity index is 671. The van der Waals surface area contributed by atoms with Gasteiger partial charge in [-0.3, -0.25) is 25.9 Å². The van der Waals surface area contributed by atoms with Crippen LogP contribution in [0.15, 0.2) is 0 Å². The van der Waals surface area contributed by atoms with E-state index in [9.17, 15) is 17.6 Å². The Morgan fingerprint density at radius 2 is 2.07 bits per heavy atom. The van der Waals surface area contributed by atoms with Crippen LogP contribution in [0.2, 0.25) is 0 Å². The van der Waals surface area contributed by atoms with Crippen LogP contribution in [0, 0.1) is 11.8 Å². The van der Waals surface area contributed by atoms with Gasteiger partial charge in [0.1, 0.15) is 11.4 Å². The molecule has 0 aromatic rings. The van der Waals surface area contributed by atoms with E-state index in [1.54, 1.807) is 5.01 Å². The summed E-state index contributed by atoms with van der Waals surface area (Å²) in [6, 6.07) is 0.148. The van der Waals surface area contributed by atoms with Crippen molar-refractivity contribution < 1.29 is 17.6 Å². The van der Waals surface area contributed by atoms with Gasteiger partial charge in [-0.1, -0.05) is 6.92 Å². The predicted molar refractivity (Wildman–Crippen MR) is 104 cm³/mol. The molecule has 0 aromatic carbocycles. The normalized spacial score (nSPS) is 38.0. The third-order valence-corrected chi connectivity index (χ3v) is 7.95. The van der Waals surface area contributed by atoms with Crippen LogP contribution in [-0.2, 0) is 14.8 Å². The molecule has 12 heteroatoms. The molecule has 2 saturated heterocycles. The van der Waals surface area contributed by atoms with Crippen LogP contribution in [0.4, 0.5) is 4.39 Å². The highest BCUT2D eigenvalue weighted by Gasteiger charge is 2.44. The molecular weight excluding hydrogens is 411 g/mol. The molecule has 4 N–H and O–H groups in total. The summed E-state index contributed by atoms with van der Waals surface area (Å²) < 4.78 is 39.4. The Hall–Kier alpha value is -0.560. The van der Waals surface area contributed by atoms with Crippen LogP contribution >= 0.6 is 11.6 Å². The van der Waals surface area contributed by atoms with Crippen molar-refractivity contribution in [2.45, 2.75) is 42.6 Å². The second kappa shape index (κ2) is 9.07. The number of alkyl halides is 2. The number of hydrogen-bond acceptors (Lipinski definition) is 7. The fourth-order valence-electron chi connectivity index (χ4n) is 4.21. The molecule has 0 aromatic heterocycles. The molecule has 0 bridgehead atoms. The molecule has 162 valence electrons. The molecular formula is C16H30ClFN6O3S. The molecule has 2 heterocycles. The number of nitrogens with zero attached hydrogens (tertiary/aromatic N) is 2. The molecule has 0 radical (unpaired) electrons. The van der Waals surface area contributed by atoms with Gasteiger partial charge in [0.2, 0.25) is 15.9 Å². The lowest BCUT2D eigenvalue weighted by Crippen LogP contribution is -2.53. The second-order valence-electron chi connectivity index (χ2n) is 7.96. The van der Waals surface area contributed by atoms with Crippen LogP contribution in [0.3, 0.4) is 0 Å². The number of likely N-dealkylation sites (N-methyl/N-ethyl adjacent to an activating group) is 1. The minimum absolute atomic E-state index is 0.0592. The first-order chi connectivity index (χ1) is 13.2. The van der Waals surface area contributed by atoms with Gasteiger partial charge in [0.15, 0.2) is 0 Å². The first kappa shape index (κ1) is 22.1. The number of sulfonamides is 1. The zero-order chi connectivity index (χ0) is 20.5. The highest BCUT2D eigenvalue weighted by molar-refractivity contribution is 7.90. The SMILES string of the molecule is CCN1CC(S(=O)(=O)NNC(=O)C2CC(C3CN(C)CN3)CC(Cl)C2F)CN1. The van der Waals surface area contributed by atoms with Crippen molar-refractivity contribution >= 4 is 27.5 Å². The maximum atomic E-state index is 14.6. The van der Waals surface area contributed by atoms with Crippen molar-refractivity contribution in [2.24, 2.45) is 11.8 Å². The van der Waals surface area contributed by atoms with E-state index in [0.29, 0.717) is 25.9 Å². The zero-order valence-corrected chi connectivity index (χ0v) is 17.8.